The minimum Gasteiger partial charge on any atom is -0.480 e. The minimum absolute atomic E-state index is 0.483. The lowest BCUT2D eigenvalue weighted by atomic mass is 10.3. The van der Waals surface area contributed by atoms with Gasteiger partial charge in [-0.15, -0.1) is 0 Å². The highest BCUT2D eigenvalue weighted by atomic mass is 35.5. The first kappa shape index (κ1) is 9.46. The third kappa shape index (κ3) is 4.35. The number of carboxylic acid groups (broad SMARTS) is 1. The molecule has 0 aromatic rings. The fraction of sp³-hybridized carbons (Fsp3) is 0.500. The lowest BCUT2D eigenvalue weighted by molar-refractivity contribution is -0.138. The van der Waals surface area contributed by atoms with Crippen LogP contribution in [-0.4, -0.2) is 23.7 Å². The molecule has 3 nitrogen and oxygen atoms in total. The first-order chi connectivity index (χ1) is 4.68. The molecule has 0 unspecified atom stereocenters. The third-order valence-electron chi connectivity index (χ3n) is 1.00. The molecule has 0 bridgehead atoms. The minimum atomic E-state index is -0.858. The van der Waals surface area contributed by atoms with Gasteiger partial charge in [0.25, 0.3) is 0 Å². The van der Waals surface area contributed by atoms with Gasteiger partial charge in [-0.05, 0) is 6.92 Å². The van der Waals surface area contributed by atoms with Crippen molar-refractivity contribution < 1.29 is 9.90 Å². The van der Waals surface area contributed by atoms with Crippen LogP contribution in [0.5, 0.6) is 0 Å². The molecule has 0 fully saturated rings. The normalized spacial score (nSPS) is 13.8. The number of carboxylic acids is 1. The zero-order chi connectivity index (χ0) is 7.98. The maximum atomic E-state index is 10.2. The molecular formula is C6H10ClNO2. The smallest absolute Gasteiger partial charge is 0.320 e. The number of halogens is 1. The Balaban J connectivity index is 3.39. The van der Waals surface area contributed by atoms with Crippen LogP contribution < -0.4 is 5.32 Å². The van der Waals surface area contributed by atoms with Crippen LogP contribution in [0.1, 0.15) is 6.92 Å². The van der Waals surface area contributed by atoms with Crippen molar-refractivity contribution in [3.05, 3.63) is 11.6 Å². The molecule has 0 aromatic carbocycles. The van der Waals surface area contributed by atoms with Crippen molar-refractivity contribution in [1.29, 1.82) is 0 Å². The predicted molar refractivity (Wildman–Crippen MR) is 40.1 cm³/mol. The highest BCUT2D eigenvalue weighted by Gasteiger charge is 2.06. The summed E-state index contributed by atoms with van der Waals surface area (Å²) in [6.45, 7) is 2.06. The Morgan fingerprint density at radius 3 is 2.90 bits per heavy atom. The maximum Gasteiger partial charge on any atom is 0.320 e. The SMILES string of the molecule is C[C@@H](NC/C=C/Cl)C(=O)O. The Labute approximate surface area is 64.7 Å². The van der Waals surface area contributed by atoms with Gasteiger partial charge in [0, 0.05) is 12.1 Å². The largest absolute Gasteiger partial charge is 0.480 e. The van der Waals surface area contributed by atoms with Gasteiger partial charge >= 0.3 is 5.97 Å². The zero-order valence-electron chi connectivity index (χ0n) is 5.67. The Bertz CT molecular complexity index is 136. The molecule has 0 aliphatic rings. The van der Waals surface area contributed by atoms with Gasteiger partial charge in [-0.25, -0.2) is 0 Å². The Morgan fingerprint density at radius 2 is 2.50 bits per heavy atom. The third-order valence-corrected chi connectivity index (χ3v) is 1.18. The molecule has 0 saturated heterocycles. The fourth-order valence-electron chi connectivity index (χ4n) is 0.377. The lowest BCUT2D eigenvalue weighted by Gasteiger charge is -2.04. The average Bonchev–Trinajstić information content (AvgIpc) is 1.88. The van der Waals surface area contributed by atoms with Gasteiger partial charge in [0.1, 0.15) is 6.04 Å². The molecule has 0 rings (SSSR count). The second kappa shape index (κ2) is 5.26. The summed E-state index contributed by atoms with van der Waals surface area (Å²) in [5, 5.41) is 11.1. The van der Waals surface area contributed by atoms with Crippen LogP contribution in [0.25, 0.3) is 0 Å². The van der Waals surface area contributed by atoms with Crippen molar-refractivity contribution in [2.45, 2.75) is 13.0 Å². The lowest BCUT2D eigenvalue weighted by Crippen LogP contribution is -2.33. The summed E-state index contributed by atoms with van der Waals surface area (Å²) in [6, 6.07) is -0.520. The van der Waals surface area contributed by atoms with Crippen LogP contribution >= 0.6 is 11.6 Å². The molecule has 0 saturated carbocycles. The second-order valence-electron chi connectivity index (χ2n) is 1.83. The summed E-state index contributed by atoms with van der Waals surface area (Å²) in [4.78, 5) is 10.2. The van der Waals surface area contributed by atoms with E-state index in [0.29, 0.717) is 6.54 Å². The molecular weight excluding hydrogens is 154 g/mol. The van der Waals surface area contributed by atoms with Crippen molar-refractivity contribution in [2.24, 2.45) is 0 Å². The van der Waals surface area contributed by atoms with E-state index in [1.807, 2.05) is 0 Å². The highest BCUT2D eigenvalue weighted by Crippen LogP contribution is 1.81. The molecule has 10 heavy (non-hydrogen) atoms. The maximum absolute atomic E-state index is 10.2. The number of hydrogen-bond donors (Lipinski definition) is 2. The Morgan fingerprint density at radius 1 is 1.90 bits per heavy atom. The van der Waals surface area contributed by atoms with Crippen LogP contribution in [0.2, 0.25) is 0 Å². The molecule has 0 amide bonds. The summed E-state index contributed by atoms with van der Waals surface area (Å²) < 4.78 is 0. The quantitative estimate of drug-likeness (QED) is 0.645. The molecule has 58 valence electrons. The molecule has 0 spiro atoms. The molecule has 0 aliphatic carbocycles. The first-order valence-corrected chi connectivity index (χ1v) is 3.33. The predicted octanol–water partition coefficient (Wildman–Crippen LogP) is 0.802. The van der Waals surface area contributed by atoms with Crippen LogP contribution in [0, 0.1) is 0 Å². The summed E-state index contributed by atoms with van der Waals surface area (Å²) >= 11 is 5.20. The van der Waals surface area contributed by atoms with Crippen molar-refractivity contribution in [2.75, 3.05) is 6.54 Å². The molecule has 0 aromatic heterocycles. The van der Waals surface area contributed by atoms with E-state index in [1.54, 1.807) is 13.0 Å². The van der Waals surface area contributed by atoms with Crippen LogP contribution in [0.3, 0.4) is 0 Å². The summed E-state index contributed by atoms with van der Waals surface area (Å²) in [6.07, 6.45) is 1.64. The number of hydrogen-bond acceptors (Lipinski definition) is 2. The van der Waals surface area contributed by atoms with Gasteiger partial charge in [0.05, 0.1) is 0 Å². The summed E-state index contributed by atoms with van der Waals surface area (Å²) in [5.41, 5.74) is 1.35. The van der Waals surface area contributed by atoms with Gasteiger partial charge in [-0.1, -0.05) is 17.7 Å². The Hall–Kier alpha value is -0.540. The zero-order valence-corrected chi connectivity index (χ0v) is 6.43. The van der Waals surface area contributed by atoms with Crippen LogP contribution in [0.4, 0.5) is 0 Å². The van der Waals surface area contributed by atoms with Crippen molar-refractivity contribution in [3.63, 3.8) is 0 Å². The van der Waals surface area contributed by atoms with E-state index >= 15 is 0 Å². The van der Waals surface area contributed by atoms with Gasteiger partial charge < -0.3 is 10.4 Å². The number of rotatable bonds is 4. The molecule has 1 atom stereocenters. The van der Waals surface area contributed by atoms with Gasteiger partial charge in [-0.2, -0.15) is 0 Å². The molecule has 0 radical (unpaired) electrons. The second-order valence-corrected chi connectivity index (χ2v) is 2.08. The van der Waals surface area contributed by atoms with Crippen LogP contribution in [-0.2, 0) is 4.79 Å². The van der Waals surface area contributed by atoms with E-state index in [9.17, 15) is 4.79 Å². The van der Waals surface area contributed by atoms with Gasteiger partial charge in [0.2, 0.25) is 0 Å². The van der Waals surface area contributed by atoms with E-state index in [0.717, 1.165) is 0 Å². The molecule has 0 aliphatic heterocycles. The van der Waals surface area contributed by atoms with Crippen molar-refractivity contribution >= 4 is 17.6 Å². The summed E-state index contributed by atoms with van der Waals surface area (Å²) in [7, 11) is 0. The van der Waals surface area contributed by atoms with Gasteiger partial charge in [0.15, 0.2) is 0 Å². The highest BCUT2D eigenvalue weighted by molar-refractivity contribution is 6.25. The monoisotopic (exact) mass is 163 g/mol. The molecule has 0 heterocycles. The molecule has 4 heteroatoms. The van der Waals surface area contributed by atoms with Crippen molar-refractivity contribution in [1.82, 2.24) is 5.32 Å². The summed E-state index contributed by atoms with van der Waals surface area (Å²) in [5.74, 6) is -0.858. The van der Waals surface area contributed by atoms with E-state index in [4.69, 9.17) is 16.7 Å². The van der Waals surface area contributed by atoms with E-state index in [1.165, 1.54) is 5.54 Å². The van der Waals surface area contributed by atoms with Gasteiger partial charge in [-0.3, -0.25) is 4.79 Å². The molecule has 2 N–H and O–H groups in total. The first-order valence-electron chi connectivity index (χ1n) is 2.90. The van der Waals surface area contributed by atoms with E-state index in [2.05, 4.69) is 5.32 Å². The van der Waals surface area contributed by atoms with Crippen LogP contribution in [0.15, 0.2) is 11.6 Å². The Kier molecular flexibility index (Phi) is 4.98. The average molecular weight is 164 g/mol. The standard InChI is InChI=1S/C6H10ClNO2/c1-5(6(9)10)8-4-2-3-7/h2-3,5,8H,4H2,1H3,(H,9,10)/b3-2+/t5-/m1/s1. The fourth-order valence-corrected chi connectivity index (χ4v) is 0.466. The number of nitrogens with one attached hydrogen (secondary N) is 1. The number of carbonyl (C=O) groups is 1. The topological polar surface area (TPSA) is 49.3 Å². The van der Waals surface area contributed by atoms with E-state index in [-0.39, 0.29) is 0 Å². The van der Waals surface area contributed by atoms with E-state index < -0.39 is 12.0 Å². The number of aliphatic carboxylic acids is 1. The van der Waals surface area contributed by atoms with Crippen molar-refractivity contribution in [3.8, 4) is 0 Å².